The van der Waals surface area contributed by atoms with Crippen LogP contribution in [0.2, 0.25) is 0 Å². The molecular formula is C17H21ClF2N2. The first-order valence-electron chi connectivity index (χ1n) is 7.10. The van der Waals surface area contributed by atoms with Crippen molar-refractivity contribution in [1.29, 1.82) is 0 Å². The molecule has 5 heteroatoms. The van der Waals surface area contributed by atoms with Gasteiger partial charge in [0, 0.05) is 31.7 Å². The van der Waals surface area contributed by atoms with Gasteiger partial charge in [0.25, 0.3) is 0 Å². The summed E-state index contributed by atoms with van der Waals surface area (Å²) >= 11 is 0. The maximum absolute atomic E-state index is 13.7. The van der Waals surface area contributed by atoms with Crippen molar-refractivity contribution in [2.75, 3.05) is 19.6 Å². The highest BCUT2D eigenvalue weighted by atomic mass is 35.5. The summed E-state index contributed by atoms with van der Waals surface area (Å²) in [5.74, 6) is -1.57. The third-order valence-corrected chi connectivity index (χ3v) is 3.43. The van der Waals surface area contributed by atoms with Gasteiger partial charge in [-0.15, -0.1) is 12.4 Å². The van der Waals surface area contributed by atoms with E-state index in [-0.39, 0.29) is 12.4 Å². The smallest absolute Gasteiger partial charge is 0.163 e. The molecule has 0 unspecified atom stereocenters. The molecule has 0 aliphatic rings. The first kappa shape index (κ1) is 18.6. The van der Waals surface area contributed by atoms with Crippen LogP contribution in [0.1, 0.15) is 11.1 Å². The zero-order valence-corrected chi connectivity index (χ0v) is 13.2. The molecule has 0 spiro atoms. The van der Waals surface area contributed by atoms with Crippen LogP contribution in [0.15, 0.2) is 48.5 Å². The van der Waals surface area contributed by atoms with Crippen LogP contribution < -0.4 is 5.73 Å². The maximum Gasteiger partial charge on any atom is 0.163 e. The minimum Gasteiger partial charge on any atom is -0.329 e. The van der Waals surface area contributed by atoms with Crippen LogP contribution in [0.25, 0.3) is 0 Å². The van der Waals surface area contributed by atoms with Crippen molar-refractivity contribution in [3.05, 3.63) is 71.3 Å². The topological polar surface area (TPSA) is 29.3 Å². The van der Waals surface area contributed by atoms with E-state index < -0.39 is 11.6 Å². The molecule has 2 aromatic rings. The lowest BCUT2D eigenvalue weighted by Gasteiger charge is -2.22. The van der Waals surface area contributed by atoms with Crippen LogP contribution in [-0.2, 0) is 13.0 Å². The number of hydrogen-bond donors (Lipinski definition) is 1. The van der Waals surface area contributed by atoms with Crippen molar-refractivity contribution in [3.63, 3.8) is 0 Å². The van der Waals surface area contributed by atoms with Crippen molar-refractivity contribution < 1.29 is 8.78 Å². The standard InChI is InChI=1S/C17H20F2N2.ClH/c18-16-8-4-7-15(17(16)19)13-21(12-10-20)11-9-14-5-2-1-3-6-14;/h1-8H,9-13,20H2;1H. The van der Waals surface area contributed by atoms with Gasteiger partial charge in [0.2, 0.25) is 0 Å². The molecule has 2 aromatic carbocycles. The first-order chi connectivity index (χ1) is 10.2. The Morgan fingerprint density at radius 2 is 1.64 bits per heavy atom. The van der Waals surface area contributed by atoms with Crippen LogP contribution in [0, 0.1) is 11.6 Å². The molecular weight excluding hydrogens is 306 g/mol. The minimum atomic E-state index is -0.803. The van der Waals surface area contributed by atoms with Gasteiger partial charge in [-0.3, -0.25) is 4.90 Å². The molecule has 0 saturated heterocycles. The molecule has 0 heterocycles. The fraction of sp³-hybridized carbons (Fsp3) is 0.294. The molecule has 0 radical (unpaired) electrons. The van der Waals surface area contributed by atoms with Crippen molar-refractivity contribution >= 4 is 12.4 Å². The summed E-state index contributed by atoms with van der Waals surface area (Å²) in [5, 5.41) is 0. The van der Waals surface area contributed by atoms with E-state index in [2.05, 4.69) is 12.1 Å². The SMILES string of the molecule is Cl.NCCN(CCc1ccccc1)Cc1cccc(F)c1F. The highest BCUT2D eigenvalue weighted by molar-refractivity contribution is 5.85. The lowest BCUT2D eigenvalue weighted by Crippen LogP contribution is -2.31. The normalized spacial score (nSPS) is 10.5. The second-order valence-electron chi connectivity index (χ2n) is 5.01. The third-order valence-electron chi connectivity index (χ3n) is 3.43. The van der Waals surface area contributed by atoms with E-state index in [1.54, 1.807) is 6.07 Å². The zero-order valence-electron chi connectivity index (χ0n) is 12.3. The second kappa shape index (κ2) is 9.51. The van der Waals surface area contributed by atoms with Crippen LogP contribution in [0.5, 0.6) is 0 Å². The lowest BCUT2D eigenvalue weighted by atomic mass is 10.1. The number of nitrogens with zero attached hydrogens (tertiary/aromatic N) is 1. The molecule has 120 valence electrons. The third kappa shape index (κ3) is 5.37. The summed E-state index contributed by atoms with van der Waals surface area (Å²) in [5.41, 5.74) is 7.20. The Balaban J connectivity index is 0.00000242. The van der Waals surface area contributed by atoms with E-state index in [1.165, 1.54) is 11.6 Å². The molecule has 0 amide bonds. The predicted molar refractivity (Wildman–Crippen MR) is 88.1 cm³/mol. The summed E-state index contributed by atoms with van der Waals surface area (Å²) in [6.07, 6.45) is 0.859. The van der Waals surface area contributed by atoms with Crippen molar-refractivity contribution in [1.82, 2.24) is 4.90 Å². The lowest BCUT2D eigenvalue weighted by molar-refractivity contribution is 0.271. The fourth-order valence-electron chi connectivity index (χ4n) is 2.30. The monoisotopic (exact) mass is 326 g/mol. The van der Waals surface area contributed by atoms with E-state index in [1.807, 2.05) is 23.1 Å². The fourth-order valence-corrected chi connectivity index (χ4v) is 2.30. The van der Waals surface area contributed by atoms with Crippen LogP contribution in [-0.4, -0.2) is 24.5 Å². The summed E-state index contributed by atoms with van der Waals surface area (Å²) in [6, 6.07) is 14.4. The quantitative estimate of drug-likeness (QED) is 0.845. The van der Waals surface area contributed by atoms with E-state index in [9.17, 15) is 8.78 Å². The number of benzene rings is 2. The molecule has 0 fully saturated rings. The van der Waals surface area contributed by atoms with Crippen molar-refractivity contribution in [2.24, 2.45) is 5.73 Å². The summed E-state index contributed by atoms with van der Waals surface area (Å²) in [4.78, 5) is 2.05. The van der Waals surface area contributed by atoms with Gasteiger partial charge in [-0.2, -0.15) is 0 Å². The van der Waals surface area contributed by atoms with Crippen LogP contribution in [0.4, 0.5) is 8.78 Å². The van der Waals surface area contributed by atoms with Gasteiger partial charge in [-0.05, 0) is 18.1 Å². The Morgan fingerprint density at radius 3 is 2.32 bits per heavy atom. The molecule has 2 rings (SSSR count). The Hall–Kier alpha value is -1.49. The average Bonchev–Trinajstić information content (AvgIpc) is 2.50. The molecule has 22 heavy (non-hydrogen) atoms. The van der Waals surface area contributed by atoms with Gasteiger partial charge in [-0.25, -0.2) is 8.78 Å². The Bertz CT molecular complexity index is 564. The van der Waals surface area contributed by atoms with Crippen molar-refractivity contribution in [3.8, 4) is 0 Å². The number of nitrogens with two attached hydrogens (primary N) is 1. The van der Waals surface area contributed by atoms with Crippen LogP contribution in [0.3, 0.4) is 0 Å². The summed E-state index contributed by atoms with van der Waals surface area (Å²) in [7, 11) is 0. The maximum atomic E-state index is 13.7. The Labute approximate surface area is 136 Å². The Morgan fingerprint density at radius 1 is 0.909 bits per heavy atom. The van der Waals surface area contributed by atoms with Gasteiger partial charge in [-0.1, -0.05) is 42.5 Å². The van der Waals surface area contributed by atoms with Gasteiger partial charge >= 0.3 is 0 Å². The molecule has 2 nitrogen and oxygen atoms in total. The molecule has 0 bridgehead atoms. The molecule has 2 N–H and O–H groups in total. The van der Waals surface area contributed by atoms with E-state index in [0.717, 1.165) is 19.0 Å². The Kier molecular flexibility index (Phi) is 8.02. The molecule has 0 aromatic heterocycles. The number of hydrogen-bond acceptors (Lipinski definition) is 2. The van der Waals surface area contributed by atoms with Gasteiger partial charge in [0.15, 0.2) is 11.6 Å². The number of halogens is 3. The minimum absolute atomic E-state index is 0. The molecule has 0 saturated carbocycles. The van der Waals surface area contributed by atoms with E-state index in [0.29, 0.717) is 25.2 Å². The largest absolute Gasteiger partial charge is 0.329 e. The van der Waals surface area contributed by atoms with Crippen molar-refractivity contribution in [2.45, 2.75) is 13.0 Å². The van der Waals surface area contributed by atoms with Gasteiger partial charge < -0.3 is 5.73 Å². The zero-order chi connectivity index (χ0) is 15.1. The van der Waals surface area contributed by atoms with Gasteiger partial charge in [0.05, 0.1) is 0 Å². The summed E-state index contributed by atoms with van der Waals surface area (Å²) in [6.45, 7) is 2.28. The van der Waals surface area contributed by atoms with E-state index in [4.69, 9.17) is 5.73 Å². The predicted octanol–water partition coefficient (Wildman–Crippen LogP) is 3.39. The second-order valence-corrected chi connectivity index (χ2v) is 5.01. The van der Waals surface area contributed by atoms with Gasteiger partial charge in [0.1, 0.15) is 0 Å². The summed E-state index contributed by atoms with van der Waals surface area (Å²) < 4.78 is 27.0. The van der Waals surface area contributed by atoms with E-state index >= 15 is 0 Å². The molecule has 0 aliphatic carbocycles. The highest BCUT2D eigenvalue weighted by Gasteiger charge is 2.12. The van der Waals surface area contributed by atoms with Crippen LogP contribution >= 0.6 is 12.4 Å². The highest BCUT2D eigenvalue weighted by Crippen LogP contribution is 2.14. The molecule has 0 atom stereocenters. The molecule has 0 aliphatic heterocycles. The number of rotatable bonds is 7. The first-order valence-corrected chi connectivity index (χ1v) is 7.10. The average molecular weight is 327 g/mol.